The van der Waals surface area contributed by atoms with Crippen LogP contribution in [0.5, 0.6) is 0 Å². The maximum atomic E-state index is 13.2. The molecule has 3 aromatic rings. The van der Waals surface area contributed by atoms with E-state index in [0.717, 1.165) is 44.8 Å². The van der Waals surface area contributed by atoms with Gasteiger partial charge in [0.05, 0.1) is 24.2 Å². The number of hydrogen-bond donors (Lipinski definition) is 2. The first-order chi connectivity index (χ1) is 15.4. The summed E-state index contributed by atoms with van der Waals surface area (Å²) < 4.78 is 8.51. The fraction of sp³-hybridized carbons (Fsp3) is 0.478. The zero-order valence-electron chi connectivity index (χ0n) is 18.9. The lowest BCUT2D eigenvalue weighted by Crippen LogP contribution is -2.39. The molecule has 1 saturated heterocycles. The van der Waals surface area contributed by atoms with Crippen molar-refractivity contribution >= 4 is 22.6 Å². The molecule has 0 atom stereocenters. The van der Waals surface area contributed by atoms with Gasteiger partial charge in [0.25, 0.3) is 11.5 Å². The molecule has 0 aliphatic carbocycles. The molecule has 1 aliphatic heterocycles. The van der Waals surface area contributed by atoms with Crippen molar-refractivity contribution < 1.29 is 9.53 Å². The molecule has 1 amide bonds. The van der Waals surface area contributed by atoms with Crippen LogP contribution in [0.2, 0.25) is 0 Å². The molecule has 0 spiro atoms. The lowest BCUT2D eigenvalue weighted by Gasteiger charge is -2.26. The number of morpholine rings is 1. The van der Waals surface area contributed by atoms with E-state index in [4.69, 9.17) is 15.1 Å². The summed E-state index contributed by atoms with van der Waals surface area (Å²) in [5.41, 5.74) is 1.85. The molecule has 0 unspecified atom stereocenters. The predicted molar refractivity (Wildman–Crippen MR) is 122 cm³/mol. The summed E-state index contributed by atoms with van der Waals surface area (Å²) >= 11 is 0. The quantitative estimate of drug-likeness (QED) is 0.448. The molecule has 9 nitrogen and oxygen atoms in total. The molecule has 0 bridgehead atoms. The highest BCUT2D eigenvalue weighted by molar-refractivity contribution is 5.96. The number of hydrogen-bond acceptors (Lipinski definition) is 6. The molecule has 1 fully saturated rings. The Kier molecular flexibility index (Phi) is 6.38. The molecule has 0 radical (unpaired) electrons. The lowest BCUT2D eigenvalue weighted by molar-refractivity contribution is 0.0374. The third-order valence-corrected chi connectivity index (χ3v) is 5.88. The van der Waals surface area contributed by atoms with Gasteiger partial charge in [0.1, 0.15) is 16.8 Å². The van der Waals surface area contributed by atoms with Crippen LogP contribution in [-0.2, 0) is 4.74 Å². The normalized spacial score (nSPS) is 15.0. The van der Waals surface area contributed by atoms with E-state index in [1.807, 2.05) is 26.8 Å². The largest absolute Gasteiger partial charge is 0.379 e. The van der Waals surface area contributed by atoms with E-state index >= 15 is 0 Å². The van der Waals surface area contributed by atoms with E-state index < -0.39 is 0 Å². The number of carbonyl (C=O) groups excluding carboxylic acids is 1. The highest BCUT2D eigenvalue weighted by Crippen LogP contribution is 2.15. The molecule has 1 aliphatic rings. The van der Waals surface area contributed by atoms with Crippen LogP contribution in [0.25, 0.3) is 16.7 Å². The number of carbonyl (C=O) groups is 1. The zero-order chi connectivity index (χ0) is 22.8. The minimum atomic E-state index is -0.345. The first-order valence-electron chi connectivity index (χ1n) is 11.1. The first kappa shape index (κ1) is 22.2. The van der Waals surface area contributed by atoms with Gasteiger partial charge in [0, 0.05) is 31.9 Å². The summed E-state index contributed by atoms with van der Waals surface area (Å²) in [4.78, 5) is 33.2. The van der Waals surface area contributed by atoms with Crippen LogP contribution < -0.4 is 16.4 Å². The summed E-state index contributed by atoms with van der Waals surface area (Å²) in [6, 6.07) is 5.07. The Hall–Kier alpha value is -3.04. The average molecular weight is 439 g/mol. The molecular formula is C23H30N6O3. The number of nitrogens with zero attached hydrogens (tertiary/aromatic N) is 4. The van der Waals surface area contributed by atoms with Crippen LogP contribution in [0.1, 0.15) is 42.2 Å². The number of aromatic nitrogens is 3. The van der Waals surface area contributed by atoms with Crippen molar-refractivity contribution in [3.63, 3.8) is 0 Å². The van der Waals surface area contributed by atoms with E-state index in [1.54, 1.807) is 16.8 Å². The van der Waals surface area contributed by atoms with Gasteiger partial charge in [0.15, 0.2) is 0 Å². The second-order valence-corrected chi connectivity index (χ2v) is 8.47. The van der Waals surface area contributed by atoms with E-state index in [0.29, 0.717) is 23.2 Å². The molecule has 4 rings (SSSR count). The summed E-state index contributed by atoms with van der Waals surface area (Å²) in [7, 11) is 0. The highest BCUT2D eigenvalue weighted by atomic mass is 16.5. The highest BCUT2D eigenvalue weighted by Gasteiger charge is 2.19. The Morgan fingerprint density at radius 1 is 1.28 bits per heavy atom. The van der Waals surface area contributed by atoms with Gasteiger partial charge < -0.3 is 14.6 Å². The Labute approximate surface area is 186 Å². The average Bonchev–Trinajstić information content (AvgIpc) is 2.77. The van der Waals surface area contributed by atoms with Gasteiger partial charge in [-0.1, -0.05) is 6.07 Å². The topological polar surface area (TPSA) is 105 Å². The molecule has 4 heterocycles. The number of aryl methyl sites for hydroxylation is 1. The Morgan fingerprint density at radius 3 is 2.75 bits per heavy atom. The van der Waals surface area contributed by atoms with Gasteiger partial charge in [-0.25, -0.2) is 4.98 Å². The smallest absolute Gasteiger partial charge is 0.267 e. The van der Waals surface area contributed by atoms with Crippen LogP contribution in [0.3, 0.4) is 0 Å². The maximum absolute atomic E-state index is 13.2. The monoisotopic (exact) mass is 438 g/mol. The second-order valence-electron chi connectivity index (χ2n) is 8.47. The van der Waals surface area contributed by atoms with Crippen molar-refractivity contribution in [2.45, 2.75) is 33.2 Å². The van der Waals surface area contributed by atoms with Crippen molar-refractivity contribution in [1.29, 1.82) is 5.41 Å². The molecule has 170 valence electrons. The van der Waals surface area contributed by atoms with Crippen LogP contribution in [0.15, 0.2) is 29.2 Å². The van der Waals surface area contributed by atoms with Crippen LogP contribution in [0, 0.1) is 12.3 Å². The first-order valence-corrected chi connectivity index (χ1v) is 11.1. The SMILES string of the molecule is Cc1cccn2c(=O)c3cc(C(=O)NCCCN4CCOCC4)c(=N)n(C(C)C)c3nc12. The number of ether oxygens (including phenoxy) is 1. The third kappa shape index (κ3) is 4.18. The summed E-state index contributed by atoms with van der Waals surface area (Å²) in [5, 5.41) is 11.9. The van der Waals surface area contributed by atoms with Crippen molar-refractivity contribution in [2.75, 3.05) is 39.4 Å². The molecule has 3 aromatic heterocycles. The van der Waals surface area contributed by atoms with Crippen molar-refractivity contribution in [3.05, 3.63) is 51.4 Å². The number of pyridine rings is 2. The molecule has 32 heavy (non-hydrogen) atoms. The van der Waals surface area contributed by atoms with E-state index in [9.17, 15) is 9.59 Å². The zero-order valence-corrected chi connectivity index (χ0v) is 18.9. The van der Waals surface area contributed by atoms with Gasteiger partial charge >= 0.3 is 0 Å². The third-order valence-electron chi connectivity index (χ3n) is 5.88. The fourth-order valence-corrected chi connectivity index (χ4v) is 4.16. The van der Waals surface area contributed by atoms with Crippen molar-refractivity contribution in [3.8, 4) is 0 Å². The Balaban J connectivity index is 1.67. The number of fused-ring (bicyclic) bond motifs is 2. The molecule has 0 saturated carbocycles. The second kappa shape index (κ2) is 9.22. The van der Waals surface area contributed by atoms with E-state index in [1.165, 1.54) is 10.5 Å². The Bertz CT molecular complexity index is 1270. The number of amides is 1. The lowest BCUT2D eigenvalue weighted by atomic mass is 10.1. The van der Waals surface area contributed by atoms with Gasteiger partial charge in [-0.15, -0.1) is 0 Å². The fourth-order valence-electron chi connectivity index (χ4n) is 4.16. The maximum Gasteiger partial charge on any atom is 0.267 e. The molecule has 2 N–H and O–H groups in total. The van der Waals surface area contributed by atoms with E-state index in [2.05, 4.69) is 10.2 Å². The summed E-state index contributed by atoms with van der Waals surface area (Å²) in [5.74, 6) is -0.345. The van der Waals surface area contributed by atoms with Gasteiger partial charge in [0.2, 0.25) is 0 Å². The predicted octanol–water partition coefficient (Wildman–Crippen LogP) is 1.47. The Morgan fingerprint density at radius 2 is 2.03 bits per heavy atom. The standard InChI is InChI=1S/C23H30N6O3/c1-15(2)29-19(24)17(22(30)25-7-5-8-27-10-12-32-13-11-27)14-18-21(29)26-20-16(3)6-4-9-28(20)23(18)31/h4,6,9,14-15,24H,5,7-8,10-13H2,1-3H3,(H,25,30). The van der Waals surface area contributed by atoms with Crippen molar-refractivity contribution in [2.24, 2.45) is 0 Å². The number of rotatable bonds is 6. The van der Waals surface area contributed by atoms with Crippen LogP contribution in [-0.4, -0.2) is 64.2 Å². The minimum Gasteiger partial charge on any atom is -0.379 e. The van der Waals surface area contributed by atoms with E-state index in [-0.39, 0.29) is 28.6 Å². The van der Waals surface area contributed by atoms with Gasteiger partial charge in [-0.2, -0.15) is 0 Å². The number of nitrogens with one attached hydrogen (secondary N) is 2. The molecule has 0 aromatic carbocycles. The van der Waals surface area contributed by atoms with Crippen LogP contribution >= 0.6 is 0 Å². The summed E-state index contributed by atoms with van der Waals surface area (Å²) in [6.07, 6.45) is 2.49. The summed E-state index contributed by atoms with van der Waals surface area (Å²) in [6.45, 7) is 10.4. The van der Waals surface area contributed by atoms with Crippen LogP contribution in [0.4, 0.5) is 0 Å². The minimum absolute atomic E-state index is 0.0583. The van der Waals surface area contributed by atoms with Crippen molar-refractivity contribution in [1.82, 2.24) is 24.2 Å². The van der Waals surface area contributed by atoms with Gasteiger partial charge in [-0.3, -0.25) is 24.3 Å². The van der Waals surface area contributed by atoms with Gasteiger partial charge in [-0.05, 0) is 51.4 Å². The molecule has 9 heteroatoms. The molecular weight excluding hydrogens is 408 g/mol.